The summed E-state index contributed by atoms with van der Waals surface area (Å²) in [6, 6.07) is 0. The molecular formula is C14H30IN3. The number of hydrogen-bond acceptors (Lipinski definition) is 1. The van der Waals surface area contributed by atoms with Crippen LogP contribution in [0.15, 0.2) is 4.99 Å². The zero-order valence-electron chi connectivity index (χ0n) is 12.8. The fourth-order valence-electron chi connectivity index (χ4n) is 2.17. The van der Waals surface area contributed by atoms with Crippen molar-refractivity contribution in [1.29, 1.82) is 0 Å². The number of likely N-dealkylation sites (tertiary alicyclic amines) is 1. The van der Waals surface area contributed by atoms with Crippen molar-refractivity contribution in [2.24, 2.45) is 15.8 Å². The molecule has 108 valence electrons. The largest absolute Gasteiger partial charge is 0.356 e. The molecule has 0 aromatic heterocycles. The Morgan fingerprint density at radius 2 is 1.94 bits per heavy atom. The second-order valence-corrected chi connectivity index (χ2v) is 7.12. The molecule has 1 rings (SSSR count). The summed E-state index contributed by atoms with van der Waals surface area (Å²) in [5, 5.41) is 3.48. The van der Waals surface area contributed by atoms with Crippen molar-refractivity contribution < 1.29 is 0 Å². The summed E-state index contributed by atoms with van der Waals surface area (Å²) in [5.74, 6) is 1.07. The third-order valence-electron chi connectivity index (χ3n) is 3.35. The molecule has 1 aliphatic rings. The summed E-state index contributed by atoms with van der Waals surface area (Å²) in [5.41, 5.74) is 0.817. The molecule has 4 heteroatoms. The summed E-state index contributed by atoms with van der Waals surface area (Å²) < 4.78 is 0. The number of rotatable bonds is 2. The Balaban J connectivity index is 0.00000289. The lowest BCUT2D eigenvalue weighted by atomic mass is 9.92. The van der Waals surface area contributed by atoms with Gasteiger partial charge in [-0.3, -0.25) is 4.99 Å². The minimum Gasteiger partial charge on any atom is -0.356 e. The van der Waals surface area contributed by atoms with Gasteiger partial charge in [0.1, 0.15) is 0 Å². The highest BCUT2D eigenvalue weighted by molar-refractivity contribution is 14.0. The van der Waals surface area contributed by atoms with Gasteiger partial charge in [-0.25, -0.2) is 0 Å². The molecule has 0 unspecified atom stereocenters. The van der Waals surface area contributed by atoms with Gasteiger partial charge >= 0.3 is 0 Å². The number of guanidine groups is 1. The van der Waals surface area contributed by atoms with Gasteiger partial charge in [0.2, 0.25) is 0 Å². The summed E-state index contributed by atoms with van der Waals surface area (Å²) >= 11 is 0. The van der Waals surface area contributed by atoms with E-state index in [1.54, 1.807) is 0 Å². The topological polar surface area (TPSA) is 27.6 Å². The van der Waals surface area contributed by atoms with E-state index in [2.05, 4.69) is 49.8 Å². The quantitative estimate of drug-likeness (QED) is 0.461. The van der Waals surface area contributed by atoms with Crippen molar-refractivity contribution in [1.82, 2.24) is 10.2 Å². The van der Waals surface area contributed by atoms with Crippen molar-refractivity contribution in [2.45, 2.75) is 47.5 Å². The first-order valence-corrected chi connectivity index (χ1v) is 6.69. The number of aliphatic imine (C=N–C) groups is 1. The van der Waals surface area contributed by atoms with Crippen LogP contribution in [0.3, 0.4) is 0 Å². The maximum Gasteiger partial charge on any atom is 0.193 e. The fraction of sp³-hybridized carbons (Fsp3) is 0.929. The first-order valence-electron chi connectivity index (χ1n) is 6.69. The van der Waals surface area contributed by atoms with E-state index in [9.17, 15) is 0 Å². The maximum atomic E-state index is 4.39. The molecule has 0 aromatic rings. The molecule has 0 radical (unpaired) electrons. The number of nitrogens with zero attached hydrogens (tertiary/aromatic N) is 2. The standard InChI is InChI=1S/C14H29N3.HI/c1-13(2,3)7-9-16-12(15-6)17-10-8-14(4,5)11-17;/h7-11H2,1-6H3,(H,15,16);1H. The Hall–Kier alpha value is 0. The fourth-order valence-corrected chi connectivity index (χ4v) is 2.17. The van der Waals surface area contributed by atoms with E-state index in [4.69, 9.17) is 0 Å². The molecule has 1 fully saturated rings. The molecule has 0 aliphatic carbocycles. The first kappa shape index (κ1) is 18.0. The molecule has 1 saturated heterocycles. The van der Waals surface area contributed by atoms with E-state index in [1.807, 2.05) is 7.05 Å². The highest BCUT2D eigenvalue weighted by atomic mass is 127. The van der Waals surface area contributed by atoms with Crippen molar-refractivity contribution in [3.05, 3.63) is 0 Å². The third-order valence-corrected chi connectivity index (χ3v) is 3.35. The Morgan fingerprint density at radius 3 is 2.33 bits per heavy atom. The Morgan fingerprint density at radius 1 is 1.33 bits per heavy atom. The molecule has 1 heterocycles. The van der Waals surface area contributed by atoms with Crippen LogP contribution >= 0.6 is 24.0 Å². The Labute approximate surface area is 130 Å². The first-order chi connectivity index (χ1) is 7.73. The maximum absolute atomic E-state index is 4.39. The predicted octanol–water partition coefficient (Wildman–Crippen LogP) is 3.35. The zero-order chi connectivity index (χ0) is 13.1. The van der Waals surface area contributed by atoms with E-state index < -0.39 is 0 Å². The van der Waals surface area contributed by atoms with E-state index in [-0.39, 0.29) is 24.0 Å². The summed E-state index contributed by atoms with van der Waals surface area (Å²) in [4.78, 5) is 6.76. The molecule has 3 nitrogen and oxygen atoms in total. The van der Waals surface area contributed by atoms with Crippen LogP contribution in [0.4, 0.5) is 0 Å². The van der Waals surface area contributed by atoms with Gasteiger partial charge in [0.25, 0.3) is 0 Å². The molecule has 0 spiro atoms. The van der Waals surface area contributed by atoms with Gasteiger partial charge in [0.05, 0.1) is 0 Å². The van der Waals surface area contributed by atoms with Crippen LogP contribution in [0, 0.1) is 10.8 Å². The normalized spacial score (nSPS) is 19.7. The highest BCUT2D eigenvalue weighted by Crippen LogP contribution is 2.28. The summed E-state index contributed by atoms with van der Waals surface area (Å²) in [6.45, 7) is 14.7. The van der Waals surface area contributed by atoms with Gasteiger partial charge in [0.15, 0.2) is 5.96 Å². The van der Waals surface area contributed by atoms with Gasteiger partial charge in [-0.15, -0.1) is 24.0 Å². The van der Waals surface area contributed by atoms with Crippen LogP contribution in [0.1, 0.15) is 47.5 Å². The lowest BCUT2D eigenvalue weighted by Gasteiger charge is -2.25. The van der Waals surface area contributed by atoms with Gasteiger partial charge < -0.3 is 10.2 Å². The van der Waals surface area contributed by atoms with E-state index in [0.29, 0.717) is 10.8 Å². The van der Waals surface area contributed by atoms with Gasteiger partial charge in [0, 0.05) is 26.7 Å². The van der Waals surface area contributed by atoms with Crippen LogP contribution in [-0.4, -0.2) is 37.5 Å². The molecule has 1 aliphatic heterocycles. The highest BCUT2D eigenvalue weighted by Gasteiger charge is 2.30. The average Bonchev–Trinajstić information content (AvgIpc) is 2.52. The average molecular weight is 367 g/mol. The van der Waals surface area contributed by atoms with Gasteiger partial charge in [-0.2, -0.15) is 0 Å². The summed E-state index contributed by atoms with van der Waals surface area (Å²) in [6.07, 6.45) is 2.43. The lowest BCUT2D eigenvalue weighted by Crippen LogP contribution is -2.41. The summed E-state index contributed by atoms with van der Waals surface area (Å²) in [7, 11) is 1.88. The predicted molar refractivity (Wildman–Crippen MR) is 90.8 cm³/mol. The molecule has 0 amide bonds. The second-order valence-electron chi connectivity index (χ2n) is 7.12. The molecular weight excluding hydrogens is 337 g/mol. The van der Waals surface area contributed by atoms with E-state index in [1.165, 1.54) is 12.8 Å². The van der Waals surface area contributed by atoms with Crippen molar-refractivity contribution in [2.75, 3.05) is 26.7 Å². The number of halogens is 1. The number of hydrogen-bond donors (Lipinski definition) is 1. The SMILES string of the molecule is CN=C(NCCC(C)(C)C)N1CCC(C)(C)C1.I. The second kappa shape index (κ2) is 6.96. The van der Waals surface area contributed by atoms with Crippen LogP contribution in [0.25, 0.3) is 0 Å². The third kappa shape index (κ3) is 6.25. The van der Waals surface area contributed by atoms with E-state index >= 15 is 0 Å². The van der Waals surface area contributed by atoms with Crippen LogP contribution in [-0.2, 0) is 0 Å². The molecule has 0 atom stereocenters. The van der Waals surface area contributed by atoms with E-state index in [0.717, 1.165) is 25.6 Å². The van der Waals surface area contributed by atoms with Crippen LogP contribution in [0.5, 0.6) is 0 Å². The van der Waals surface area contributed by atoms with Crippen molar-refractivity contribution in [3.8, 4) is 0 Å². The molecule has 0 saturated carbocycles. The molecule has 18 heavy (non-hydrogen) atoms. The van der Waals surface area contributed by atoms with Crippen LogP contribution < -0.4 is 5.32 Å². The lowest BCUT2D eigenvalue weighted by molar-refractivity contribution is 0.358. The molecule has 1 N–H and O–H groups in total. The smallest absolute Gasteiger partial charge is 0.193 e. The monoisotopic (exact) mass is 367 g/mol. The van der Waals surface area contributed by atoms with Gasteiger partial charge in [-0.1, -0.05) is 34.6 Å². The minimum absolute atomic E-state index is 0. The van der Waals surface area contributed by atoms with Crippen LogP contribution in [0.2, 0.25) is 0 Å². The molecule has 0 aromatic carbocycles. The molecule has 0 bridgehead atoms. The van der Waals surface area contributed by atoms with Gasteiger partial charge in [-0.05, 0) is 23.7 Å². The van der Waals surface area contributed by atoms with Crippen molar-refractivity contribution in [3.63, 3.8) is 0 Å². The Kier molecular flexibility index (Phi) is 6.96. The van der Waals surface area contributed by atoms with Crippen molar-refractivity contribution >= 4 is 29.9 Å². The Bertz CT molecular complexity index is 279. The number of nitrogens with one attached hydrogen (secondary N) is 1. The minimum atomic E-state index is 0. The zero-order valence-corrected chi connectivity index (χ0v) is 15.2.